The highest BCUT2D eigenvalue weighted by molar-refractivity contribution is 9.10. The van der Waals surface area contributed by atoms with Crippen molar-refractivity contribution < 1.29 is 9.13 Å². The molecule has 2 aromatic rings. The Hall–Kier alpha value is -1.62. The number of anilines is 2. The molecule has 0 atom stereocenters. The number of halogens is 2. The van der Waals surface area contributed by atoms with Crippen LogP contribution in [-0.2, 0) is 0 Å². The highest BCUT2D eigenvalue weighted by atomic mass is 79.9. The maximum absolute atomic E-state index is 13.6. The number of aromatic nitrogens is 1. The molecule has 0 unspecified atom stereocenters. The SMILES string of the molecule is CCOc1ccc(Nc2ccc(Br)cn2)cc1F. The summed E-state index contributed by atoms with van der Waals surface area (Å²) in [5.74, 6) is 0.521. The molecule has 1 N–H and O–H groups in total. The van der Waals surface area contributed by atoms with Gasteiger partial charge in [0.1, 0.15) is 5.82 Å². The van der Waals surface area contributed by atoms with E-state index in [4.69, 9.17) is 4.74 Å². The lowest BCUT2D eigenvalue weighted by Gasteiger charge is -2.08. The van der Waals surface area contributed by atoms with Crippen molar-refractivity contribution in [3.63, 3.8) is 0 Å². The van der Waals surface area contributed by atoms with E-state index < -0.39 is 0 Å². The van der Waals surface area contributed by atoms with Gasteiger partial charge in [-0.2, -0.15) is 0 Å². The number of hydrogen-bond acceptors (Lipinski definition) is 3. The predicted molar refractivity (Wildman–Crippen MR) is 72.8 cm³/mol. The molecule has 1 heterocycles. The van der Waals surface area contributed by atoms with Crippen molar-refractivity contribution in [2.75, 3.05) is 11.9 Å². The van der Waals surface area contributed by atoms with E-state index in [1.165, 1.54) is 6.07 Å². The molecule has 3 nitrogen and oxygen atoms in total. The zero-order valence-corrected chi connectivity index (χ0v) is 11.4. The zero-order valence-electron chi connectivity index (χ0n) is 9.78. The van der Waals surface area contributed by atoms with Crippen molar-refractivity contribution in [1.29, 1.82) is 0 Å². The minimum absolute atomic E-state index is 0.256. The Bertz CT molecular complexity index is 531. The quantitative estimate of drug-likeness (QED) is 0.922. The standard InChI is InChI=1S/C13H12BrFN2O/c1-2-18-12-5-4-10(7-11(12)15)17-13-6-3-9(14)8-16-13/h3-8H,2H2,1H3,(H,16,17). The van der Waals surface area contributed by atoms with Gasteiger partial charge in [-0.25, -0.2) is 9.37 Å². The lowest BCUT2D eigenvalue weighted by atomic mass is 10.3. The van der Waals surface area contributed by atoms with Crippen molar-refractivity contribution in [2.24, 2.45) is 0 Å². The van der Waals surface area contributed by atoms with Crippen LogP contribution >= 0.6 is 15.9 Å². The third kappa shape index (κ3) is 3.20. The molecule has 0 spiro atoms. The maximum Gasteiger partial charge on any atom is 0.167 e. The van der Waals surface area contributed by atoms with Crippen LogP contribution in [0.15, 0.2) is 41.0 Å². The Balaban J connectivity index is 2.14. The van der Waals surface area contributed by atoms with Crippen molar-refractivity contribution >= 4 is 27.4 Å². The van der Waals surface area contributed by atoms with Crippen molar-refractivity contribution in [2.45, 2.75) is 6.92 Å². The summed E-state index contributed by atoms with van der Waals surface area (Å²) >= 11 is 3.30. The monoisotopic (exact) mass is 310 g/mol. The summed E-state index contributed by atoms with van der Waals surface area (Å²) < 4.78 is 19.6. The Morgan fingerprint density at radius 1 is 1.33 bits per heavy atom. The molecule has 0 aliphatic heterocycles. The molecule has 1 aromatic heterocycles. The van der Waals surface area contributed by atoms with E-state index in [2.05, 4.69) is 26.2 Å². The predicted octanol–water partition coefficient (Wildman–Crippen LogP) is 4.13. The topological polar surface area (TPSA) is 34.1 Å². The molecule has 1 aromatic carbocycles. The van der Waals surface area contributed by atoms with Crippen LogP contribution in [-0.4, -0.2) is 11.6 Å². The largest absolute Gasteiger partial charge is 0.491 e. The highest BCUT2D eigenvalue weighted by Crippen LogP contribution is 2.23. The molecule has 0 saturated carbocycles. The van der Waals surface area contributed by atoms with Crippen LogP contribution < -0.4 is 10.1 Å². The molecular formula is C13H12BrFN2O. The number of hydrogen-bond donors (Lipinski definition) is 1. The first-order chi connectivity index (χ1) is 8.69. The van der Waals surface area contributed by atoms with E-state index >= 15 is 0 Å². The summed E-state index contributed by atoms with van der Waals surface area (Å²) in [4.78, 5) is 4.15. The minimum Gasteiger partial charge on any atom is -0.491 e. The normalized spacial score (nSPS) is 10.2. The lowest BCUT2D eigenvalue weighted by molar-refractivity contribution is 0.321. The van der Waals surface area contributed by atoms with Crippen LogP contribution in [0.2, 0.25) is 0 Å². The third-order valence-corrected chi connectivity index (χ3v) is 2.70. The number of nitrogens with zero attached hydrogens (tertiary/aromatic N) is 1. The van der Waals surface area contributed by atoms with E-state index in [1.807, 2.05) is 13.0 Å². The molecule has 0 fully saturated rings. The van der Waals surface area contributed by atoms with Gasteiger partial charge in [0.2, 0.25) is 0 Å². The van der Waals surface area contributed by atoms with E-state index in [9.17, 15) is 4.39 Å². The Morgan fingerprint density at radius 2 is 2.17 bits per heavy atom. The molecule has 0 amide bonds. The molecule has 0 aliphatic carbocycles. The smallest absolute Gasteiger partial charge is 0.167 e. The summed E-state index contributed by atoms with van der Waals surface area (Å²) in [6.07, 6.45) is 1.67. The fraction of sp³-hybridized carbons (Fsp3) is 0.154. The second-order valence-electron chi connectivity index (χ2n) is 3.56. The van der Waals surface area contributed by atoms with Gasteiger partial charge in [0.25, 0.3) is 0 Å². The second-order valence-corrected chi connectivity index (χ2v) is 4.48. The van der Waals surface area contributed by atoms with E-state index in [0.717, 1.165) is 4.47 Å². The number of rotatable bonds is 4. The van der Waals surface area contributed by atoms with Gasteiger partial charge in [-0.1, -0.05) is 0 Å². The van der Waals surface area contributed by atoms with Crippen LogP contribution in [0.25, 0.3) is 0 Å². The molecule has 94 valence electrons. The third-order valence-electron chi connectivity index (χ3n) is 2.23. The summed E-state index contributed by atoms with van der Waals surface area (Å²) in [6.45, 7) is 2.26. The van der Waals surface area contributed by atoms with Gasteiger partial charge >= 0.3 is 0 Å². The summed E-state index contributed by atoms with van der Waals surface area (Å²) in [5.41, 5.74) is 0.630. The van der Waals surface area contributed by atoms with E-state index in [1.54, 1.807) is 24.4 Å². The first-order valence-electron chi connectivity index (χ1n) is 5.50. The molecule has 5 heteroatoms. The molecule has 0 saturated heterocycles. The Labute approximate surface area is 113 Å². The Morgan fingerprint density at radius 3 is 2.78 bits per heavy atom. The summed E-state index contributed by atoms with van der Waals surface area (Å²) in [7, 11) is 0. The van der Waals surface area contributed by atoms with Crippen molar-refractivity contribution in [3.8, 4) is 5.75 Å². The van der Waals surface area contributed by atoms with Gasteiger partial charge in [0.15, 0.2) is 11.6 Å². The number of pyridine rings is 1. The number of ether oxygens (including phenoxy) is 1. The zero-order chi connectivity index (χ0) is 13.0. The van der Waals surface area contributed by atoms with Crippen LogP contribution in [0.3, 0.4) is 0 Å². The minimum atomic E-state index is -0.390. The van der Waals surface area contributed by atoms with Gasteiger partial charge in [-0.15, -0.1) is 0 Å². The van der Waals surface area contributed by atoms with Crippen molar-refractivity contribution in [1.82, 2.24) is 4.98 Å². The van der Waals surface area contributed by atoms with Gasteiger partial charge in [0, 0.05) is 22.4 Å². The lowest BCUT2D eigenvalue weighted by Crippen LogP contribution is -1.97. The Kier molecular flexibility index (Phi) is 4.15. The van der Waals surface area contributed by atoms with Gasteiger partial charge < -0.3 is 10.1 Å². The maximum atomic E-state index is 13.6. The fourth-order valence-corrected chi connectivity index (χ4v) is 1.68. The van der Waals surface area contributed by atoms with Gasteiger partial charge in [-0.05, 0) is 47.1 Å². The van der Waals surface area contributed by atoms with Crippen LogP contribution in [0.1, 0.15) is 6.92 Å². The van der Waals surface area contributed by atoms with Crippen LogP contribution in [0.4, 0.5) is 15.9 Å². The molecule has 0 aliphatic rings. The van der Waals surface area contributed by atoms with E-state index in [-0.39, 0.29) is 11.6 Å². The van der Waals surface area contributed by atoms with Gasteiger partial charge in [0.05, 0.1) is 6.61 Å². The average molecular weight is 311 g/mol. The number of nitrogens with one attached hydrogen (secondary N) is 1. The average Bonchev–Trinajstić information content (AvgIpc) is 2.36. The summed E-state index contributed by atoms with van der Waals surface area (Å²) in [6, 6.07) is 8.39. The molecule has 0 radical (unpaired) electrons. The van der Waals surface area contributed by atoms with Gasteiger partial charge in [-0.3, -0.25) is 0 Å². The van der Waals surface area contributed by atoms with E-state index in [0.29, 0.717) is 18.1 Å². The highest BCUT2D eigenvalue weighted by Gasteiger charge is 2.04. The van der Waals surface area contributed by atoms with Crippen LogP contribution in [0.5, 0.6) is 5.75 Å². The molecule has 0 bridgehead atoms. The summed E-state index contributed by atoms with van der Waals surface area (Å²) in [5, 5.41) is 3.01. The number of benzene rings is 1. The fourth-order valence-electron chi connectivity index (χ4n) is 1.45. The second kappa shape index (κ2) is 5.82. The molecule has 2 rings (SSSR count). The first kappa shape index (κ1) is 12.8. The first-order valence-corrected chi connectivity index (χ1v) is 6.29. The van der Waals surface area contributed by atoms with Crippen molar-refractivity contribution in [3.05, 3.63) is 46.8 Å². The molecular weight excluding hydrogens is 299 g/mol. The van der Waals surface area contributed by atoms with Crippen LogP contribution in [0, 0.1) is 5.82 Å². The molecule has 18 heavy (non-hydrogen) atoms.